The maximum Gasteiger partial charge on any atom is 0.410 e. The van der Waals surface area contributed by atoms with Gasteiger partial charge in [-0.05, 0) is 69.9 Å². The lowest BCUT2D eigenvalue weighted by molar-refractivity contribution is 0.0205. The average molecular weight is 615 g/mol. The molecule has 5 rings (SSSR count). The van der Waals surface area contributed by atoms with Gasteiger partial charge in [-0.2, -0.15) is 0 Å². The van der Waals surface area contributed by atoms with Gasteiger partial charge in [-0.25, -0.2) is 22.8 Å². The van der Waals surface area contributed by atoms with Gasteiger partial charge in [-0.3, -0.25) is 4.79 Å². The number of carboxylic acid groups (broad SMARTS) is 1. The van der Waals surface area contributed by atoms with Crippen LogP contribution in [0.5, 0.6) is 5.75 Å². The normalized spacial score (nSPS) is 14.8. The molecule has 1 aliphatic carbocycles. The van der Waals surface area contributed by atoms with Gasteiger partial charge in [0.25, 0.3) is 0 Å². The predicted molar refractivity (Wildman–Crippen MR) is 156 cm³/mol. The molecule has 1 N–H and O–H groups in total. The highest BCUT2D eigenvalue weighted by molar-refractivity contribution is 7.15. The summed E-state index contributed by atoms with van der Waals surface area (Å²) in [6.45, 7) is 5.33. The Morgan fingerprint density at radius 1 is 1.12 bits per heavy atom. The summed E-state index contributed by atoms with van der Waals surface area (Å²) in [5, 5.41) is 9.32. The van der Waals surface area contributed by atoms with Crippen molar-refractivity contribution >= 4 is 34.3 Å². The van der Waals surface area contributed by atoms with Crippen molar-refractivity contribution in [3.63, 3.8) is 0 Å². The maximum absolute atomic E-state index is 16.0. The van der Waals surface area contributed by atoms with Crippen molar-refractivity contribution in [3.05, 3.63) is 80.2 Å². The minimum Gasteiger partial charge on any atom is -0.494 e. The Labute approximate surface area is 248 Å². The quantitative estimate of drug-likeness (QED) is 0.258. The largest absolute Gasteiger partial charge is 0.494 e. The summed E-state index contributed by atoms with van der Waals surface area (Å²) in [4.78, 5) is 40.9. The van der Waals surface area contributed by atoms with E-state index in [1.807, 2.05) is 0 Å². The Morgan fingerprint density at radius 3 is 2.47 bits per heavy atom. The number of aryl methyl sites for hydroxylation is 1. The van der Waals surface area contributed by atoms with E-state index in [0.717, 1.165) is 45.8 Å². The number of halogens is 3. The molecule has 2 aromatic heterocycles. The molecule has 0 saturated heterocycles. The molecule has 0 aliphatic heterocycles. The van der Waals surface area contributed by atoms with E-state index in [0.29, 0.717) is 23.8 Å². The maximum atomic E-state index is 16.0. The first-order valence-electron chi connectivity index (χ1n) is 13.4. The molecule has 0 fully saturated rings. The molecule has 226 valence electrons. The van der Waals surface area contributed by atoms with Gasteiger partial charge in [-0.15, -0.1) is 11.3 Å². The zero-order valence-corrected chi connectivity index (χ0v) is 24.9. The first-order valence-corrected chi connectivity index (χ1v) is 14.3. The van der Waals surface area contributed by atoms with Crippen molar-refractivity contribution < 1.29 is 37.3 Å². The Bertz CT molecular complexity index is 1840. The highest BCUT2D eigenvalue weighted by Gasteiger charge is 2.33. The molecule has 1 amide bonds. The third-order valence-corrected chi connectivity index (χ3v) is 8.50. The summed E-state index contributed by atoms with van der Waals surface area (Å²) in [5.41, 5.74) is -1.97. The number of benzene rings is 2. The fraction of sp³-hybridized carbons (Fsp3) is 0.323. The molecule has 1 atom stereocenters. The van der Waals surface area contributed by atoms with Gasteiger partial charge < -0.3 is 24.0 Å². The van der Waals surface area contributed by atoms with Crippen LogP contribution in [0, 0.1) is 17.5 Å². The minimum absolute atomic E-state index is 0.0215. The first kappa shape index (κ1) is 30.1. The Morgan fingerprint density at radius 2 is 1.84 bits per heavy atom. The molecule has 8 nitrogen and oxygen atoms in total. The van der Waals surface area contributed by atoms with Crippen molar-refractivity contribution in [1.82, 2.24) is 9.47 Å². The van der Waals surface area contributed by atoms with E-state index in [2.05, 4.69) is 0 Å². The zero-order chi connectivity index (χ0) is 31.4. The van der Waals surface area contributed by atoms with Gasteiger partial charge in [0.2, 0.25) is 5.43 Å². The van der Waals surface area contributed by atoms with Gasteiger partial charge in [0.05, 0.1) is 29.8 Å². The highest BCUT2D eigenvalue weighted by atomic mass is 32.1. The zero-order valence-electron chi connectivity index (χ0n) is 24.1. The van der Waals surface area contributed by atoms with E-state index < -0.39 is 46.1 Å². The molecule has 2 aromatic carbocycles. The third-order valence-electron chi connectivity index (χ3n) is 7.28. The topological polar surface area (TPSA) is 98.1 Å². The fourth-order valence-electron chi connectivity index (χ4n) is 5.39. The molecule has 2 heterocycles. The molecule has 0 spiro atoms. The van der Waals surface area contributed by atoms with Gasteiger partial charge >= 0.3 is 12.1 Å². The van der Waals surface area contributed by atoms with Crippen LogP contribution in [0.25, 0.3) is 27.0 Å². The van der Waals surface area contributed by atoms with Crippen LogP contribution < -0.4 is 10.2 Å². The van der Waals surface area contributed by atoms with Crippen LogP contribution in [0.4, 0.5) is 18.0 Å². The molecule has 0 bridgehead atoms. The second-order valence-electron chi connectivity index (χ2n) is 11.3. The van der Waals surface area contributed by atoms with Crippen molar-refractivity contribution in [2.24, 2.45) is 0 Å². The third kappa shape index (κ3) is 5.47. The molecule has 0 saturated carbocycles. The number of fused-ring (bicyclic) bond motifs is 2. The molecule has 1 unspecified atom stereocenters. The van der Waals surface area contributed by atoms with Crippen LogP contribution in [0.2, 0.25) is 0 Å². The van der Waals surface area contributed by atoms with Crippen LogP contribution in [-0.4, -0.2) is 46.4 Å². The Balaban J connectivity index is 1.75. The van der Waals surface area contributed by atoms with Gasteiger partial charge in [-0.1, -0.05) is 0 Å². The second kappa shape index (κ2) is 11.1. The fourth-order valence-corrected chi connectivity index (χ4v) is 6.69. The number of carboxylic acids is 1. The number of amides is 1. The van der Waals surface area contributed by atoms with Crippen LogP contribution in [0.15, 0.2) is 41.3 Å². The van der Waals surface area contributed by atoms with Crippen molar-refractivity contribution in [3.8, 4) is 21.9 Å². The molecule has 12 heteroatoms. The van der Waals surface area contributed by atoms with Crippen molar-refractivity contribution in [2.45, 2.75) is 51.7 Å². The van der Waals surface area contributed by atoms with Crippen LogP contribution in [0.3, 0.4) is 0 Å². The highest BCUT2D eigenvalue weighted by Crippen LogP contribution is 2.47. The summed E-state index contributed by atoms with van der Waals surface area (Å²) in [6, 6.07) is 5.03. The molecule has 4 aromatic rings. The number of hydrogen-bond acceptors (Lipinski definition) is 6. The van der Waals surface area contributed by atoms with Crippen LogP contribution >= 0.6 is 11.3 Å². The van der Waals surface area contributed by atoms with Crippen LogP contribution in [0.1, 0.15) is 60.5 Å². The number of carbonyl (C=O) groups excluding carboxylic acids is 1. The number of thiophene rings is 1. The van der Waals surface area contributed by atoms with Gasteiger partial charge in [0.1, 0.15) is 34.1 Å². The van der Waals surface area contributed by atoms with E-state index in [4.69, 9.17) is 9.47 Å². The molecular formula is C31H29F3N2O6S. The lowest BCUT2D eigenvalue weighted by Crippen LogP contribution is -2.37. The van der Waals surface area contributed by atoms with Crippen LogP contribution in [-0.2, 0) is 11.2 Å². The number of carbonyl (C=O) groups is 2. The molecule has 1 aliphatic rings. The lowest BCUT2D eigenvalue weighted by Gasteiger charge is -2.33. The average Bonchev–Trinajstić information content (AvgIpc) is 3.35. The van der Waals surface area contributed by atoms with Gasteiger partial charge in [0.15, 0.2) is 5.75 Å². The number of methoxy groups -OCH3 is 1. The summed E-state index contributed by atoms with van der Waals surface area (Å²) in [5.74, 6) is -4.49. The summed E-state index contributed by atoms with van der Waals surface area (Å²) < 4.78 is 57.1. The molecule has 0 radical (unpaired) electrons. The number of rotatable bonds is 5. The Kier molecular flexibility index (Phi) is 7.76. The van der Waals surface area contributed by atoms with Gasteiger partial charge in [0, 0.05) is 29.1 Å². The number of aromatic nitrogens is 1. The number of pyridine rings is 1. The number of hydrogen-bond donors (Lipinski definition) is 1. The predicted octanol–water partition coefficient (Wildman–Crippen LogP) is 7.09. The number of aromatic carboxylic acids is 1. The summed E-state index contributed by atoms with van der Waals surface area (Å²) in [7, 11) is 2.91. The van der Waals surface area contributed by atoms with E-state index >= 15 is 8.78 Å². The number of nitrogens with zero attached hydrogens (tertiary/aromatic N) is 2. The van der Waals surface area contributed by atoms with E-state index in [1.54, 1.807) is 33.9 Å². The SMILES string of the molecule is COc1c(-c2cc3c(s2)CCCC3N(C)C(=O)OC(C)(C)C)c(F)cc2c(=O)c(C(=O)O)cn(-c3ccc(F)cc3F)c12. The lowest BCUT2D eigenvalue weighted by atomic mass is 9.92. The standard InChI is InChI=1S/C31H29F3N2O6S/c1-31(2,3)42-30(40)35(4)21-7-6-8-23-16(21)13-24(43-23)25-20(34)12-17-26(28(25)41-5)36(14-18(27(17)37)29(38)39)22-10-9-15(32)11-19(22)33/h9-14,21H,6-8H2,1-5H3,(H,38,39). The van der Waals surface area contributed by atoms with E-state index in [9.17, 15) is 23.9 Å². The van der Waals surface area contributed by atoms with E-state index in [-0.39, 0.29) is 33.9 Å². The monoisotopic (exact) mass is 614 g/mol. The summed E-state index contributed by atoms with van der Waals surface area (Å²) >= 11 is 1.30. The van der Waals surface area contributed by atoms with Crippen molar-refractivity contribution in [1.29, 1.82) is 0 Å². The van der Waals surface area contributed by atoms with E-state index in [1.165, 1.54) is 23.3 Å². The molecule has 43 heavy (non-hydrogen) atoms. The smallest absolute Gasteiger partial charge is 0.410 e. The Hall–Kier alpha value is -4.32. The second-order valence-corrected chi connectivity index (χ2v) is 12.4. The van der Waals surface area contributed by atoms with Crippen molar-refractivity contribution in [2.75, 3.05) is 14.2 Å². The summed E-state index contributed by atoms with van der Waals surface area (Å²) in [6.07, 6.45) is 2.57. The minimum atomic E-state index is -1.60. The first-order chi connectivity index (χ1) is 20.2. The number of ether oxygens (including phenoxy) is 2. The molecular weight excluding hydrogens is 585 g/mol.